The van der Waals surface area contributed by atoms with Gasteiger partial charge < -0.3 is 14.4 Å². The van der Waals surface area contributed by atoms with E-state index in [2.05, 4.69) is 77.0 Å². The van der Waals surface area contributed by atoms with Gasteiger partial charge in [-0.25, -0.2) is 0 Å². The van der Waals surface area contributed by atoms with Crippen molar-refractivity contribution in [3.8, 4) is 11.5 Å². The molecule has 234 valence electrons. The lowest BCUT2D eigenvalue weighted by atomic mass is 9.79. The van der Waals surface area contributed by atoms with Gasteiger partial charge in [0.1, 0.15) is 18.0 Å². The van der Waals surface area contributed by atoms with Crippen molar-refractivity contribution in [1.82, 2.24) is 0 Å². The number of rotatable bonds is 10. The molecule has 0 spiro atoms. The first-order valence-electron chi connectivity index (χ1n) is 16.0. The summed E-state index contributed by atoms with van der Waals surface area (Å²) in [4.78, 5) is 30.1. The number of methoxy groups -OCH3 is 2. The highest BCUT2D eigenvalue weighted by atomic mass is 16.5. The second kappa shape index (κ2) is 11.7. The molecular weight excluding hydrogens is 548 g/mol. The summed E-state index contributed by atoms with van der Waals surface area (Å²) in [6, 6.07) is 12.1. The Morgan fingerprint density at radius 3 is 2.02 bits per heavy atom. The van der Waals surface area contributed by atoms with E-state index in [4.69, 9.17) is 9.47 Å². The molecule has 2 heterocycles. The largest absolute Gasteiger partial charge is 0.496 e. The van der Waals surface area contributed by atoms with Crippen LogP contribution in [0.4, 0.5) is 11.4 Å². The van der Waals surface area contributed by atoms with E-state index in [0.717, 1.165) is 65.6 Å². The zero-order chi connectivity index (χ0) is 32.1. The Morgan fingerprint density at radius 1 is 0.841 bits per heavy atom. The molecule has 3 aromatic rings. The van der Waals surface area contributed by atoms with Gasteiger partial charge in [0.15, 0.2) is 5.71 Å². The SMILES string of the molecule is COc1cccc2c1C(C)(C)C(C=c1c(=O)c(=CC3N(CCC(C)C)c4cccc(OC)c4C3(C)C)c1=O)=[N+]2CCC(C)C. The van der Waals surface area contributed by atoms with Gasteiger partial charge in [-0.05, 0) is 56.4 Å². The lowest BCUT2D eigenvalue weighted by molar-refractivity contribution is -0.438. The number of hydrogen-bond acceptors (Lipinski definition) is 5. The highest BCUT2D eigenvalue weighted by molar-refractivity contribution is 6.15. The van der Waals surface area contributed by atoms with Crippen LogP contribution in [0.5, 0.6) is 11.5 Å². The fourth-order valence-electron chi connectivity index (χ4n) is 7.25. The second-order valence-corrected chi connectivity index (χ2v) is 14.4. The molecule has 6 heteroatoms. The van der Waals surface area contributed by atoms with Gasteiger partial charge in [-0.1, -0.05) is 53.7 Å². The van der Waals surface area contributed by atoms with Crippen LogP contribution in [-0.2, 0) is 10.8 Å². The Labute approximate surface area is 262 Å². The van der Waals surface area contributed by atoms with E-state index in [-0.39, 0.29) is 32.8 Å². The number of hydrogen-bond donors (Lipinski definition) is 0. The zero-order valence-electron chi connectivity index (χ0n) is 28.2. The molecule has 0 radical (unpaired) electrons. The van der Waals surface area contributed by atoms with Crippen molar-refractivity contribution in [2.75, 3.05) is 32.2 Å². The molecule has 0 amide bonds. The number of fused-ring (bicyclic) bond motifs is 2. The molecule has 2 aliphatic heterocycles. The highest BCUT2D eigenvalue weighted by Crippen LogP contribution is 2.50. The molecule has 0 N–H and O–H groups in total. The predicted molar refractivity (Wildman–Crippen MR) is 181 cm³/mol. The van der Waals surface area contributed by atoms with E-state index in [1.54, 1.807) is 14.2 Å². The van der Waals surface area contributed by atoms with Crippen LogP contribution in [0.1, 0.15) is 79.4 Å². The van der Waals surface area contributed by atoms with Crippen molar-refractivity contribution in [2.24, 2.45) is 11.8 Å². The molecule has 1 atom stereocenters. The molecule has 3 aromatic carbocycles. The first-order valence-corrected chi connectivity index (χ1v) is 16.0. The van der Waals surface area contributed by atoms with Crippen LogP contribution in [-0.4, -0.2) is 43.6 Å². The summed E-state index contributed by atoms with van der Waals surface area (Å²) in [5.41, 5.74) is 4.22. The standard InChI is InChI=1S/C38H49N2O4/c1-23(2)17-19-39-27-13-11-15-29(43-9)33(27)37(5,6)31(39)21-25-35(41)26(36(25)42)22-32-38(7,8)34-28(14-12-16-30(34)44-10)40(32)20-18-24(3)4/h11-16,21-24,31H,17-20H2,1-10H3/q+1. The van der Waals surface area contributed by atoms with E-state index < -0.39 is 5.41 Å². The molecule has 5 rings (SSSR count). The Balaban J connectivity index is 1.65. The smallest absolute Gasteiger partial charge is 0.213 e. The minimum atomic E-state index is -0.439. The van der Waals surface area contributed by atoms with Crippen molar-refractivity contribution < 1.29 is 14.0 Å². The highest BCUT2D eigenvalue weighted by Gasteiger charge is 2.48. The lowest BCUT2D eigenvalue weighted by Crippen LogP contribution is -2.66. The third kappa shape index (κ3) is 5.10. The maximum Gasteiger partial charge on any atom is 0.213 e. The second-order valence-electron chi connectivity index (χ2n) is 14.4. The Bertz CT molecular complexity index is 1770. The first-order chi connectivity index (χ1) is 20.7. The van der Waals surface area contributed by atoms with Crippen molar-refractivity contribution in [3.63, 3.8) is 0 Å². The third-order valence-corrected chi connectivity index (χ3v) is 9.79. The quantitative estimate of drug-likeness (QED) is 0.301. The van der Waals surface area contributed by atoms with Crippen molar-refractivity contribution in [3.05, 3.63) is 78.4 Å². The fraction of sp³-hybridized carbons (Fsp3) is 0.500. The maximum atomic E-state index is 13.9. The Kier molecular flexibility index (Phi) is 8.43. The maximum absolute atomic E-state index is 13.9. The summed E-state index contributed by atoms with van der Waals surface area (Å²) in [6.45, 7) is 19.2. The first kappa shape index (κ1) is 31.7. The van der Waals surface area contributed by atoms with Gasteiger partial charge >= 0.3 is 0 Å². The van der Waals surface area contributed by atoms with Crippen molar-refractivity contribution >= 4 is 29.2 Å². The normalized spacial score (nSPS) is 18.3. The number of anilines is 1. The number of benzene rings is 2. The van der Waals surface area contributed by atoms with Crippen LogP contribution < -0.4 is 35.7 Å². The minimum Gasteiger partial charge on any atom is -0.496 e. The van der Waals surface area contributed by atoms with Gasteiger partial charge in [0.05, 0.1) is 41.7 Å². The van der Waals surface area contributed by atoms with Crippen LogP contribution >= 0.6 is 0 Å². The summed E-state index contributed by atoms with van der Waals surface area (Å²) < 4.78 is 13.9. The summed E-state index contributed by atoms with van der Waals surface area (Å²) in [5, 5.41) is 0.552. The van der Waals surface area contributed by atoms with Gasteiger partial charge in [-0.15, -0.1) is 0 Å². The van der Waals surface area contributed by atoms with E-state index in [0.29, 0.717) is 11.8 Å². The van der Waals surface area contributed by atoms with E-state index in [9.17, 15) is 9.59 Å². The average Bonchev–Trinajstić information content (AvgIpc) is 3.34. The zero-order valence-corrected chi connectivity index (χ0v) is 28.2. The van der Waals surface area contributed by atoms with Gasteiger partial charge in [0.2, 0.25) is 16.5 Å². The molecule has 2 aliphatic rings. The monoisotopic (exact) mass is 597 g/mol. The predicted octanol–water partition coefficient (Wildman–Crippen LogP) is 5.20. The van der Waals surface area contributed by atoms with Gasteiger partial charge in [-0.3, -0.25) is 9.59 Å². The molecule has 0 saturated carbocycles. The molecule has 0 aliphatic carbocycles. The van der Waals surface area contributed by atoms with Gasteiger partial charge in [0, 0.05) is 41.8 Å². The van der Waals surface area contributed by atoms with Crippen LogP contribution in [0, 0.1) is 11.8 Å². The van der Waals surface area contributed by atoms with Crippen molar-refractivity contribution in [2.45, 2.75) is 85.1 Å². The molecule has 0 aromatic heterocycles. The minimum absolute atomic E-state index is 0.149. The van der Waals surface area contributed by atoms with E-state index in [1.165, 1.54) is 0 Å². The molecule has 44 heavy (non-hydrogen) atoms. The molecule has 0 fully saturated rings. The van der Waals surface area contributed by atoms with Crippen LogP contribution in [0.25, 0.3) is 12.2 Å². The Hall–Kier alpha value is -3.67. The lowest BCUT2D eigenvalue weighted by Gasteiger charge is -2.33. The van der Waals surface area contributed by atoms with E-state index >= 15 is 0 Å². The summed E-state index contributed by atoms with van der Waals surface area (Å²) in [5.74, 6) is 2.70. The number of ether oxygens (including phenoxy) is 2. The summed E-state index contributed by atoms with van der Waals surface area (Å²) in [7, 11) is 3.39. The van der Waals surface area contributed by atoms with Crippen LogP contribution in [0.15, 0.2) is 46.0 Å². The van der Waals surface area contributed by atoms with Crippen LogP contribution in [0.3, 0.4) is 0 Å². The van der Waals surface area contributed by atoms with Crippen molar-refractivity contribution in [1.29, 1.82) is 0 Å². The molecule has 0 bridgehead atoms. The number of nitrogens with zero attached hydrogens (tertiary/aromatic N) is 2. The third-order valence-electron chi connectivity index (χ3n) is 9.79. The summed E-state index contributed by atoms with van der Waals surface area (Å²) >= 11 is 0. The summed E-state index contributed by atoms with van der Waals surface area (Å²) in [6.07, 6.45) is 5.78. The average molecular weight is 598 g/mol. The fourth-order valence-corrected chi connectivity index (χ4v) is 7.25. The Morgan fingerprint density at radius 2 is 1.43 bits per heavy atom. The topological polar surface area (TPSA) is 58.8 Å². The molecule has 0 saturated heterocycles. The molecule has 6 nitrogen and oxygen atoms in total. The van der Waals surface area contributed by atoms with E-state index in [1.807, 2.05) is 36.4 Å². The molecular formula is C38H49N2O4+. The van der Waals surface area contributed by atoms with Gasteiger partial charge in [-0.2, -0.15) is 4.58 Å². The molecule has 1 unspecified atom stereocenters. The van der Waals surface area contributed by atoms with Gasteiger partial charge in [0.25, 0.3) is 0 Å². The van der Waals surface area contributed by atoms with Crippen LogP contribution in [0.2, 0.25) is 0 Å².